The van der Waals surface area contributed by atoms with Crippen LogP contribution < -0.4 is 9.64 Å². The number of carbonyl (C=O) groups is 3. The summed E-state index contributed by atoms with van der Waals surface area (Å²) in [5, 5.41) is 0. The van der Waals surface area contributed by atoms with E-state index in [9.17, 15) is 9.59 Å². The molecule has 0 N–H and O–H groups in total. The van der Waals surface area contributed by atoms with Crippen LogP contribution in [0.5, 0.6) is 5.75 Å². The topological polar surface area (TPSA) is 85.4 Å². The lowest BCUT2D eigenvalue weighted by Gasteiger charge is -2.31. The van der Waals surface area contributed by atoms with E-state index in [-0.39, 0.29) is 43.8 Å². The molecule has 0 bridgehead atoms. The summed E-state index contributed by atoms with van der Waals surface area (Å²) >= 11 is 0. The van der Waals surface area contributed by atoms with Gasteiger partial charge in [-0.15, -0.1) is 0 Å². The van der Waals surface area contributed by atoms with E-state index < -0.39 is 18.1 Å². The van der Waals surface area contributed by atoms with Crippen LogP contribution in [0.15, 0.2) is 152 Å². The lowest BCUT2D eigenvalue weighted by molar-refractivity contribution is -0.122. The molecule has 1 heterocycles. The van der Waals surface area contributed by atoms with Crippen molar-refractivity contribution in [2.45, 2.75) is 82.6 Å². The van der Waals surface area contributed by atoms with Gasteiger partial charge < -0.3 is 19.1 Å². The van der Waals surface area contributed by atoms with E-state index in [0.29, 0.717) is 36.7 Å². The summed E-state index contributed by atoms with van der Waals surface area (Å²) in [6.07, 6.45) is 6.86. The van der Waals surface area contributed by atoms with Crippen molar-refractivity contribution < 1.29 is 28.6 Å². The van der Waals surface area contributed by atoms with Crippen LogP contribution in [0.1, 0.15) is 101 Å². The highest BCUT2D eigenvalue weighted by Gasteiger charge is 2.39. The summed E-state index contributed by atoms with van der Waals surface area (Å²) in [5.41, 5.74) is 9.47. The molecule has 0 unspecified atom stereocenters. The Hall–Kier alpha value is -6.67. The number of esters is 1. The molecule has 8 nitrogen and oxygen atoms in total. The third kappa shape index (κ3) is 9.01. The van der Waals surface area contributed by atoms with E-state index >= 15 is 4.79 Å². The minimum atomic E-state index is -0.739. The monoisotopic (exact) mass is 824 g/mol. The number of anilines is 1. The van der Waals surface area contributed by atoms with Gasteiger partial charge in [0.2, 0.25) is 5.91 Å². The lowest BCUT2D eigenvalue weighted by atomic mass is 9.84. The third-order valence-corrected chi connectivity index (χ3v) is 12.7. The summed E-state index contributed by atoms with van der Waals surface area (Å²) < 4.78 is 18.3. The first-order valence-electron chi connectivity index (χ1n) is 22.0. The second-order valence-corrected chi connectivity index (χ2v) is 16.7. The third-order valence-electron chi connectivity index (χ3n) is 12.7. The maximum atomic E-state index is 15.1. The molecule has 62 heavy (non-hydrogen) atoms. The van der Waals surface area contributed by atoms with Crippen molar-refractivity contribution >= 4 is 23.7 Å². The fourth-order valence-electron chi connectivity index (χ4n) is 9.41. The van der Waals surface area contributed by atoms with Gasteiger partial charge in [0.1, 0.15) is 37.2 Å². The second-order valence-electron chi connectivity index (χ2n) is 16.7. The molecule has 0 aromatic heterocycles. The van der Waals surface area contributed by atoms with Crippen LogP contribution in [0.25, 0.3) is 11.1 Å². The molecule has 2 aliphatic carbocycles. The lowest BCUT2D eigenvalue weighted by Crippen LogP contribution is -2.48. The number of hydrogen-bond donors (Lipinski definition) is 0. The first kappa shape index (κ1) is 40.7. The van der Waals surface area contributed by atoms with Crippen molar-refractivity contribution in [3.05, 3.63) is 191 Å². The summed E-state index contributed by atoms with van der Waals surface area (Å²) in [7, 11) is 0. The van der Waals surface area contributed by atoms with Gasteiger partial charge in [0.05, 0.1) is 6.54 Å². The van der Waals surface area contributed by atoms with E-state index in [1.54, 1.807) is 28.0 Å². The zero-order chi connectivity index (χ0) is 42.3. The fraction of sp³-hybridized carbons (Fsp3) is 0.278. The molecule has 6 aromatic carbocycles. The Morgan fingerprint density at radius 2 is 1.23 bits per heavy atom. The van der Waals surface area contributed by atoms with Gasteiger partial charge in [-0.1, -0.05) is 153 Å². The van der Waals surface area contributed by atoms with Crippen LogP contribution in [-0.2, 0) is 34.0 Å². The number of amides is 2. The Morgan fingerprint density at radius 1 is 0.597 bits per heavy atom. The average molecular weight is 825 g/mol. The number of rotatable bonds is 13. The van der Waals surface area contributed by atoms with Crippen molar-refractivity contribution in [3.8, 4) is 16.9 Å². The predicted octanol–water partition coefficient (Wildman–Crippen LogP) is 11.6. The van der Waals surface area contributed by atoms with E-state index in [1.807, 2.05) is 84.9 Å². The molecule has 1 saturated carbocycles. The zero-order valence-corrected chi connectivity index (χ0v) is 35.0. The van der Waals surface area contributed by atoms with Gasteiger partial charge in [-0.05, 0) is 88.2 Å². The van der Waals surface area contributed by atoms with E-state index in [4.69, 9.17) is 14.2 Å². The minimum absolute atomic E-state index is 0.0941. The van der Waals surface area contributed by atoms with Gasteiger partial charge in [-0.25, -0.2) is 9.59 Å². The quantitative estimate of drug-likeness (QED) is 0.108. The summed E-state index contributed by atoms with van der Waals surface area (Å²) in [6, 6.07) is 48.9. The largest absolute Gasteiger partial charge is 0.488 e. The Morgan fingerprint density at radius 3 is 1.90 bits per heavy atom. The smallest absolute Gasteiger partial charge is 0.410 e. The molecule has 2 fully saturated rings. The van der Waals surface area contributed by atoms with Crippen LogP contribution in [0.2, 0.25) is 0 Å². The molecular weight excluding hydrogens is 773 g/mol. The predicted molar refractivity (Wildman–Crippen MR) is 241 cm³/mol. The molecule has 2 amide bonds. The number of ether oxygens (including phenoxy) is 3. The number of benzene rings is 6. The van der Waals surface area contributed by atoms with Crippen LogP contribution in [0, 0.1) is 0 Å². The molecule has 0 spiro atoms. The Bertz CT molecular complexity index is 2450. The van der Waals surface area contributed by atoms with Crippen molar-refractivity contribution in [1.82, 2.24) is 4.90 Å². The highest BCUT2D eigenvalue weighted by atomic mass is 16.6. The van der Waals surface area contributed by atoms with Gasteiger partial charge in [-0.3, -0.25) is 9.69 Å². The first-order valence-corrected chi connectivity index (χ1v) is 22.0. The van der Waals surface area contributed by atoms with Crippen LogP contribution in [0.4, 0.5) is 10.5 Å². The first-order chi connectivity index (χ1) is 30.5. The maximum Gasteiger partial charge on any atom is 0.410 e. The zero-order valence-electron chi connectivity index (χ0n) is 35.0. The summed E-state index contributed by atoms with van der Waals surface area (Å²) in [6.45, 7) is 1.15. The molecule has 314 valence electrons. The van der Waals surface area contributed by atoms with Crippen molar-refractivity contribution in [2.24, 2.45) is 0 Å². The molecule has 6 aromatic rings. The van der Waals surface area contributed by atoms with Crippen molar-refractivity contribution in [3.63, 3.8) is 0 Å². The van der Waals surface area contributed by atoms with Crippen LogP contribution in [0.3, 0.4) is 0 Å². The second kappa shape index (κ2) is 18.9. The van der Waals surface area contributed by atoms with E-state index in [0.717, 1.165) is 38.9 Å². The van der Waals surface area contributed by atoms with Crippen LogP contribution >= 0.6 is 0 Å². The molecular formula is C54H52N2O6. The number of hydrogen-bond acceptors (Lipinski definition) is 6. The molecule has 3 aliphatic rings. The average Bonchev–Trinajstić information content (AvgIpc) is 3.96. The Labute approximate surface area is 364 Å². The number of carbonyl (C=O) groups excluding carboxylic acids is 3. The van der Waals surface area contributed by atoms with E-state index in [2.05, 4.69) is 48.5 Å². The van der Waals surface area contributed by atoms with E-state index in [1.165, 1.54) is 37.7 Å². The van der Waals surface area contributed by atoms with Gasteiger partial charge in [0.15, 0.2) is 0 Å². The SMILES string of the molecule is O=C(OCc1ccccc1)c1ccc(N(Cc2ccc(C3CCCCC3)cc2)C(=O)[C@H]2CCCN2C(=O)OCC2c3ccccc3-c3ccccc32)cc1OCc1ccccc1. The maximum absolute atomic E-state index is 15.1. The minimum Gasteiger partial charge on any atom is -0.488 e. The van der Waals surface area contributed by atoms with Crippen LogP contribution in [-0.4, -0.2) is 42.1 Å². The molecule has 8 heteroatoms. The summed E-state index contributed by atoms with van der Waals surface area (Å²) in [4.78, 5) is 46.2. The van der Waals surface area contributed by atoms with Gasteiger partial charge in [0.25, 0.3) is 0 Å². The molecule has 1 aliphatic heterocycles. The van der Waals surface area contributed by atoms with Gasteiger partial charge in [-0.2, -0.15) is 0 Å². The van der Waals surface area contributed by atoms with Crippen molar-refractivity contribution in [2.75, 3.05) is 18.1 Å². The summed E-state index contributed by atoms with van der Waals surface area (Å²) in [5.74, 6) is 0.00834. The van der Waals surface area contributed by atoms with Gasteiger partial charge >= 0.3 is 12.1 Å². The molecule has 1 saturated heterocycles. The highest BCUT2D eigenvalue weighted by molar-refractivity contribution is 6.00. The van der Waals surface area contributed by atoms with Crippen molar-refractivity contribution in [1.29, 1.82) is 0 Å². The number of nitrogens with zero attached hydrogens (tertiary/aromatic N) is 2. The Kier molecular flexibility index (Phi) is 12.4. The van der Waals surface area contributed by atoms with Gasteiger partial charge in [0, 0.05) is 24.2 Å². The fourth-order valence-corrected chi connectivity index (χ4v) is 9.41. The molecule has 9 rings (SSSR count). The normalized spacial score (nSPS) is 16.0. The Balaban J connectivity index is 0.997. The number of fused-ring (bicyclic) bond motifs is 3. The highest BCUT2D eigenvalue weighted by Crippen LogP contribution is 2.45. The number of likely N-dealkylation sites (tertiary alicyclic amines) is 1. The molecule has 0 radical (unpaired) electrons. The molecule has 1 atom stereocenters. The standard InChI is InChI=1S/C54H52N2O6/c57-52(50-25-14-32-55(50)54(59)62-37-49-46-23-12-10-21-44(46)45-22-11-13-24-47(45)49)56(34-38-26-28-42(29-27-38)41-19-8-3-9-20-41)43-30-31-48(53(58)61-36-40-17-6-2-7-18-40)51(33-43)60-35-39-15-4-1-5-16-39/h1-2,4-7,10-13,15-18,21-24,26-31,33,41,49-50H,3,8-9,14,19-20,25,32,34-37H2/t50-/m1/s1.